The number of benzene rings is 2. The van der Waals surface area contributed by atoms with Gasteiger partial charge in [-0.2, -0.15) is 11.8 Å². The fourth-order valence-electron chi connectivity index (χ4n) is 2.31. The number of hydrogen-bond donors (Lipinski definition) is 2. The molecule has 0 heterocycles. The Kier molecular flexibility index (Phi) is 7.77. The topological polar surface area (TPSA) is 101 Å². The summed E-state index contributed by atoms with van der Waals surface area (Å²) in [7, 11) is 0. The van der Waals surface area contributed by atoms with Gasteiger partial charge in [0.1, 0.15) is 11.9 Å². The second-order valence-electron chi connectivity index (χ2n) is 5.73. The molecule has 2 amide bonds. The van der Waals surface area contributed by atoms with Gasteiger partial charge in [-0.15, -0.1) is 0 Å². The third kappa shape index (κ3) is 5.93. The first kappa shape index (κ1) is 21.6. The second kappa shape index (κ2) is 10.0. The molecule has 0 saturated heterocycles. The number of non-ortho nitro benzene ring substituents is 1. The van der Waals surface area contributed by atoms with Crippen molar-refractivity contribution in [1.29, 1.82) is 0 Å². The molecule has 148 valence electrons. The Hall–Kier alpha value is -2.65. The third-order valence-corrected chi connectivity index (χ3v) is 4.67. The number of nitrogens with one attached hydrogen (secondary N) is 2. The molecule has 0 aliphatic carbocycles. The molecule has 0 aliphatic heterocycles. The lowest BCUT2D eigenvalue weighted by molar-refractivity contribution is -0.384. The van der Waals surface area contributed by atoms with Gasteiger partial charge in [-0.3, -0.25) is 19.7 Å². The van der Waals surface area contributed by atoms with Gasteiger partial charge in [0.25, 0.3) is 11.6 Å². The van der Waals surface area contributed by atoms with Gasteiger partial charge in [0, 0.05) is 23.4 Å². The summed E-state index contributed by atoms with van der Waals surface area (Å²) in [6, 6.07) is 8.08. The number of carbonyl (C=O) groups excluding carboxylic acids is 2. The van der Waals surface area contributed by atoms with Crippen LogP contribution >= 0.6 is 23.4 Å². The average Bonchev–Trinajstić information content (AvgIpc) is 2.67. The van der Waals surface area contributed by atoms with Gasteiger partial charge in [0.05, 0.1) is 9.95 Å². The van der Waals surface area contributed by atoms with Gasteiger partial charge in [-0.1, -0.05) is 17.7 Å². The van der Waals surface area contributed by atoms with E-state index in [1.54, 1.807) is 0 Å². The molecule has 0 spiro atoms. The average molecular weight is 426 g/mol. The van der Waals surface area contributed by atoms with Crippen molar-refractivity contribution in [2.45, 2.75) is 12.5 Å². The summed E-state index contributed by atoms with van der Waals surface area (Å²) in [5, 5.41) is 15.9. The fraction of sp³-hybridized carbons (Fsp3) is 0.222. The Morgan fingerprint density at radius 1 is 1.29 bits per heavy atom. The zero-order chi connectivity index (χ0) is 20.7. The standard InChI is InChI=1S/C18H17ClFN3O4S/c1-28-8-7-16(18(25)21-12-5-6-15(20)14(19)10-12)22-17(24)11-3-2-4-13(9-11)23(26)27/h2-6,9-10,16H,7-8H2,1H3,(H,21,25)(H,22,24). The largest absolute Gasteiger partial charge is 0.340 e. The molecule has 1 unspecified atom stereocenters. The van der Waals surface area contributed by atoms with Crippen molar-refractivity contribution < 1.29 is 18.9 Å². The lowest BCUT2D eigenvalue weighted by Gasteiger charge is -2.18. The normalized spacial score (nSPS) is 11.5. The molecule has 0 aromatic heterocycles. The molecule has 1 atom stereocenters. The van der Waals surface area contributed by atoms with Gasteiger partial charge in [0.2, 0.25) is 5.91 Å². The summed E-state index contributed by atoms with van der Waals surface area (Å²) in [4.78, 5) is 35.3. The van der Waals surface area contributed by atoms with E-state index in [-0.39, 0.29) is 22.0 Å². The van der Waals surface area contributed by atoms with Crippen molar-refractivity contribution in [3.8, 4) is 0 Å². The zero-order valence-electron chi connectivity index (χ0n) is 14.8. The highest BCUT2D eigenvalue weighted by Crippen LogP contribution is 2.20. The van der Waals surface area contributed by atoms with Crippen LogP contribution in [0.2, 0.25) is 5.02 Å². The Morgan fingerprint density at radius 3 is 2.68 bits per heavy atom. The summed E-state index contributed by atoms with van der Waals surface area (Å²) in [6.45, 7) is 0. The Morgan fingerprint density at radius 2 is 2.04 bits per heavy atom. The number of halogens is 2. The number of nitro benzene ring substituents is 1. The maximum absolute atomic E-state index is 13.3. The van der Waals surface area contributed by atoms with E-state index in [4.69, 9.17) is 11.6 Å². The molecule has 0 radical (unpaired) electrons. The molecular formula is C18H17ClFN3O4S. The van der Waals surface area contributed by atoms with Crippen LogP contribution in [0.5, 0.6) is 0 Å². The minimum Gasteiger partial charge on any atom is -0.340 e. The minimum absolute atomic E-state index is 0.0704. The van der Waals surface area contributed by atoms with Crippen LogP contribution in [0, 0.1) is 15.9 Å². The molecule has 10 heteroatoms. The Balaban J connectivity index is 2.14. The van der Waals surface area contributed by atoms with Gasteiger partial charge >= 0.3 is 0 Å². The molecule has 0 saturated carbocycles. The molecule has 7 nitrogen and oxygen atoms in total. The molecule has 0 aliphatic rings. The summed E-state index contributed by atoms with van der Waals surface area (Å²) in [6.07, 6.45) is 2.19. The minimum atomic E-state index is -0.886. The van der Waals surface area contributed by atoms with Crippen molar-refractivity contribution in [1.82, 2.24) is 5.32 Å². The van der Waals surface area contributed by atoms with Gasteiger partial charge in [0.15, 0.2) is 0 Å². The van der Waals surface area contributed by atoms with E-state index >= 15 is 0 Å². The van der Waals surface area contributed by atoms with E-state index in [0.717, 1.165) is 12.1 Å². The predicted molar refractivity (Wildman–Crippen MR) is 107 cm³/mol. The summed E-state index contributed by atoms with van der Waals surface area (Å²) >= 11 is 7.21. The lowest BCUT2D eigenvalue weighted by atomic mass is 10.1. The SMILES string of the molecule is CSCCC(NC(=O)c1cccc([N+](=O)[O-])c1)C(=O)Nc1ccc(F)c(Cl)c1. The number of hydrogen-bond acceptors (Lipinski definition) is 5. The number of rotatable bonds is 8. The molecule has 0 bridgehead atoms. The maximum Gasteiger partial charge on any atom is 0.270 e. The quantitative estimate of drug-likeness (QED) is 0.493. The van der Waals surface area contributed by atoms with E-state index in [1.807, 2.05) is 6.26 Å². The van der Waals surface area contributed by atoms with E-state index < -0.39 is 28.6 Å². The van der Waals surface area contributed by atoms with Crippen LogP contribution in [0.3, 0.4) is 0 Å². The van der Waals surface area contributed by atoms with E-state index in [9.17, 15) is 24.1 Å². The van der Waals surface area contributed by atoms with Crippen LogP contribution in [0.4, 0.5) is 15.8 Å². The first-order valence-corrected chi connectivity index (χ1v) is 9.89. The van der Waals surface area contributed by atoms with Crippen molar-refractivity contribution in [3.63, 3.8) is 0 Å². The van der Waals surface area contributed by atoms with Crippen molar-refractivity contribution in [2.24, 2.45) is 0 Å². The summed E-state index contributed by atoms with van der Waals surface area (Å²) in [5.74, 6) is -1.13. The smallest absolute Gasteiger partial charge is 0.270 e. The van der Waals surface area contributed by atoms with Crippen LogP contribution < -0.4 is 10.6 Å². The zero-order valence-corrected chi connectivity index (χ0v) is 16.3. The van der Waals surface area contributed by atoms with Gasteiger partial charge in [-0.25, -0.2) is 4.39 Å². The maximum atomic E-state index is 13.3. The number of nitro groups is 1. The molecule has 2 N–H and O–H groups in total. The van der Waals surface area contributed by atoms with Crippen molar-refractivity contribution in [2.75, 3.05) is 17.3 Å². The number of thioether (sulfide) groups is 1. The fourth-order valence-corrected chi connectivity index (χ4v) is 2.96. The molecule has 0 fully saturated rings. The van der Waals surface area contributed by atoms with Crippen LogP contribution in [-0.4, -0.2) is 34.8 Å². The Bertz CT molecular complexity index is 897. The second-order valence-corrected chi connectivity index (χ2v) is 7.13. The van der Waals surface area contributed by atoms with Crippen LogP contribution in [0.1, 0.15) is 16.8 Å². The monoisotopic (exact) mass is 425 g/mol. The number of anilines is 1. The number of amides is 2. The van der Waals surface area contributed by atoms with Crippen LogP contribution in [0.15, 0.2) is 42.5 Å². The number of carbonyl (C=O) groups is 2. The highest BCUT2D eigenvalue weighted by atomic mass is 35.5. The first-order chi connectivity index (χ1) is 13.3. The van der Waals surface area contributed by atoms with Gasteiger partial charge < -0.3 is 10.6 Å². The van der Waals surface area contributed by atoms with Crippen molar-refractivity contribution >= 4 is 46.6 Å². The van der Waals surface area contributed by atoms with E-state index in [0.29, 0.717) is 12.2 Å². The molecule has 28 heavy (non-hydrogen) atoms. The first-order valence-electron chi connectivity index (χ1n) is 8.12. The number of nitrogens with zero attached hydrogens (tertiary/aromatic N) is 1. The Labute approximate surface area is 169 Å². The molecular weight excluding hydrogens is 409 g/mol. The highest BCUT2D eigenvalue weighted by molar-refractivity contribution is 7.98. The van der Waals surface area contributed by atoms with Gasteiger partial charge in [-0.05, 0) is 42.7 Å². The summed E-state index contributed by atoms with van der Waals surface area (Å²) in [5.41, 5.74) is 0.134. The third-order valence-electron chi connectivity index (χ3n) is 3.74. The van der Waals surface area contributed by atoms with E-state index in [1.165, 1.54) is 42.1 Å². The van der Waals surface area contributed by atoms with E-state index in [2.05, 4.69) is 10.6 Å². The van der Waals surface area contributed by atoms with Crippen molar-refractivity contribution in [3.05, 3.63) is 69.0 Å². The lowest BCUT2D eigenvalue weighted by Crippen LogP contribution is -2.44. The van der Waals surface area contributed by atoms with Crippen LogP contribution in [-0.2, 0) is 4.79 Å². The molecule has 2 aromatic carbocycles. The highest BCUT2D eigenvalue weighted by Gasteiger charge is 2.22. The molecule has 2 rings (SSSR count). The summed E-state index contributed by atoms with van der Waals surface area (Å²) < 4.78 is 13.3. The molecule has 2 aromatic rings. The predicted octanol–water partition coefficient (Wildman–Crippen LogP) is 3.88. The van der Waals surface area contributed by atoms with Crippen LogP contribution in [0.25, 0.3) is 0 Å².